The molecule has 0 spiro atoms. The number of hydrogen-bond donors (Lipinski definition) is 2. The predicted molar refractivity (Wildman–Crippen MR) is 89.6 cm³/mol. The second-order valence-electron chi connectivity index (χ2n) is 5.35. The summed E-state index contributed by atoms with van der Waals surface area (Å²) in [5.74, 6) is 1.43. The Labute approximate surface area is 130 Å². The third kappa shape index (κ3) is 3.98. The van der Waals surface area contributed by atoms with Crippen LogP contribution in [0.15, 0.2) is 36.0 Å². The van der Waals surface area contributed by atoms with Crippen LogP contribution in [0.2, 0.25) is 0 Å². The van der Waals surface area contributed by atoms with Gasteiger partial charge in [0.05, 0.1) is 19.8 Å². The van der Waals surface area contributed by atoms with Gasteiger partial charge in [0, 0.05) is 5.70 Å². The molecule has 2 N–H and O–H groups in total. The zero-order valence-electron chi connectivity index (χ0n) is 12.7. The fourth-order valence-electron chi connectivity index (χ4n) is 2.15. The number of rotatable bonds is 4. The third-order valence-corrected chi connectivity index (χ3v) is 3.28. The first-order valence-corrected chi connectivity index (χ1v) is 7.06. The highest BCUT2D eigenvalue weighted by Crippen LogP contribution is 2.28. The van der Waals surface area contributed by atoms with E-state index in [1.807, 2.05) is 30.4 Å². The van der Waals surface area contributed by atoms with E-state index in [0.29, 0.717) is 10.9 Å². The highest BCUT2D eigenvalue weighted by Gasteiger charge is 2.20. The van der Waals surface area contributed by atoms with Crippen LogP contribution in [-0.4, -0.2) is 24.9 Å². The minimum absolute atomic E-state index is 0.153. The molecule has 0 radical (unpaired) electrons. The molecule has 0 atom stereocenters. The highest BCUT2D eigenvalue weighted by molar-refractivity contribution is 7.80. The molecular formula is C16H20N2O2S. The first kappa shape index (κ1) is 15.4. The molecule has 112 valence electrons. The van der Waals surface area contributed by atoms with Gasteiger partial charge in [-0.15, -0.1) is 0 Å². The van der Waals surface area contributed by atoms with Crippen molar-refractivity contribution in [1.82, 2.24) is 10.6 Å². The Morgan fingerprint density at radius 1 is 1.10 bits per heavy atom. The second-order valence-corrected chi connectivity index (χ2v) is 5.76. The van der Waals surface area contributed by atoms with E-state index in [-0.39, 0.29) is 5.54 Å². The van der Waals surface area contributed by atoms with Gasteiger partial charge in [0.2, 0.25) is 0 Å². The van der Waals surface area contributed by atoms with Gasteiger partial charge in [0.15, 0.2) is 16.6 Å². The van der Waals surface area contributed by atoms with Crippen LogP contribution in [0.3, 0.4) is 0 Å². The number of thiocarbonyl (C=S) groups is 1. The molecule has 0 bridgehead atoms. The minimum Gasteiger partial charge on any atom is -0.493 e. The van der Waals surface area contributed by atoms with Crippen LogP contribution in [0.25, 0.3) is 6.08 Å². The van der Waals surface area contributed by atoms with Crippen molar-refractivity contribution in [3.63, 3.8) is 0 Å². The fraction of sp³-hybridized carbons (Fsp3) is 0.312. The quantitative estimate of drug-likeness (QED) is 0.837. The van der Waals surface area contributed by atoms with Gasteiger partial charge in [-0.2, -0.15) is 0 Å². The van der Waals surface area contributed by atoms with E-state index in [9.17, 15) is 0 Å². The van der Waals surface area contributed by atoms with E-state index >= 15 is 0 Å². The molecule has 0 fully saturated rings. The van der Waals surface area contributed by atoms with Crippen LogP contribution in [0.4, 0.5) is 0 Å². The Bertz CT molecular complexity index is 606. The molecule has 0 saturated carbocycles. The predicted octanol–water partition coefficient (Wildman–Crippen LogP) is 2.86. The Balaban J connectivity index is 2.21. The van der Waals surface area contributed by atoms with Crippen LogP contribution in [-0.2, 0) is 0 Å². The van der Waals surface area contributed by atoms with E-state index < -0.39 is 0 Å². The molecule has 5 heteroatoms. The molecule has 0 saturated heterocycles. The fourth-order valence-corrected chi connectivity index (χ4v) is 2.53. The Morgan fingerprint density at radius 3 is 2.43 bits per heavy atom. The SMILES string of the molecule is COc1ccc(/C=C/C2=CC(C)(C)NC(=S)N2)cc1OC. The normalized spacial score (nSPS) is 17.0. The summed E-state index contributed by atoms with van der Waals surface area (Å²) in [6.45, 7) is 4.15. The summed E-state index contributed by atoms with van der Waals surface area (Å²) in [5.41, 5.74) is 1.84. The molecule has 1 aliphatic rings. The summed E-state index contributed by atoms with van der Waals surface area (Å²) >= 11 is 5.20. The molecule has 0 aromatic heterocycles. The van der Waals surface area contributed by atoms with Gasteiger partial charge in [-0.1, -0.05) is 12.1 Å². The lowest BCUT2D eigenvalue weighted by molar-refractivity contribution is 0.355. The first-order valence-electron chi connectivity index (χ1n) is 6.65. The van der Waals surface area contributed by atoms with E-state index in [1.165, 1.54) is 0 Å². The van der Waals surface area contributed by atoms with Crippen LogP contribution < -0.4 is 20.1 Å². The monoisotopic (exact) mass is 304 g/mol. The summed E-state index contributed by atoms with van der Waals surface area (Å²) in [6.07, 6.45) is 6.10. The molecule has 1 aromatic carbocycles. The van der Waals surface area contributed by atoms with Crippen molar-refractivity contribution in [2.24, 2.45) is 0 Å². The topological polar surface area (TPSA) is 42.5 Å². The summed E-state index contributed by atoms with van der Waals surface area (Å²) < 4.78 is 10.5. The number of nitrogens with one attached hydrogen (secondary N) is 2. The maximum absolute atomic E-state index is 5.30. The number of hydrogen-bond acceptors (Lipinski definition) is 3. The summed E-state index contributed by atoms with van der Waals surface area (Å²) in [7, 11) is 3.25. The standard InChI is InChI=1S/C16H20N2O2S/c1-16(2)10-12(17-15(21)18-16)7-5-11-6-8-13(19-3)14(9-11)20-4/h5-10H,1-4H3,(H2,17,18,21)/b7-5+. The lowest BCUT2D eigenvalue weighted by Gasteiger charge is -2.30. The summed E-state index contributed by atoms with van der Waals surface area (Å²) in [6, 6.07) is 5.79. The van der Waals surface area contributed by atoms with Gasteiger partial charge >= 0.3 is 0 Å². The van der Waals surface area contributed by atoms with Crippen molar-refractivity contribution in [3.8, 4) is 11.5 Å². The van der Waals surface area contributed by atoms with Crippen LogP contribution >= 0.6 is 12.2 Å². The van der Waals surface area contributed by atoms with E-state index in [0.717, 1.165) is 17.0 Å². The molecule has 21 heavy (non-hydrogen) atoms. The van der Waals surface area contributed by atoms with Gasteiger partial charge in [-0.3, -0.25) is 0 Å². The second kappa shape index (κ2) is 6.18. The number of benzene rings is 1. The van der Waals surface area contributed by atoms with E-state index in [2.05, 4.69) is 30.6 Å². The lowest BCUT2D eigenvalue weighted by atomic mass is 10.0. The zero-order valence-corrected chi connectivity index (χ0v) is 13.5. The maximum Gasteiger partial charge on any atom is 0.171 e. The number of ether oxygens (including phenoxy) is 2. The first-order chi connectivity index (χ1) is 9.93. The van der Waals surface area contributed by atoms with Crippen LogP contribution in [0, 0.1) is 0 Å². The number of allylic oxidation sites excluding steroid dienone is 1. The van der Waals surface area contributed by atoms with Crippen molar-refractivity contribution in [3.05, 3.63) is 41.6 Å². The average molecular weight is 304 g/mol. The third-order valence-electron chi connectivity index (χ3n) is 3.07. The summed E-state index contributed by atoms with van der Waals surface area (Å²) in [5, 5.41) is 6.96. The Hall–Kier alpha value is -2.01. The molecule has 4 nitrogen and oxygen atoms in total. The molecule has 1 aliphatic heterocycles. The summed E-state index contributed by atoms with van der Waals surface area (Å²) in [4.78, 5) is 0. The van der Waals surface area contributed by atoms with Crippen molar-refractivity contribution >= 4 is 23.4 Å². The molecule has 0 amide bonds. The van der Waals surface area contributed by atoms with Crippen LogP contribution in [0.5, 0.6) is 11.5 Å². The molecule has 0 aliphatic carbocycles. The van der Waals surface area contributed by atoms with Gasteiger partial charge < -0.3 is 20.1 Å². The van der Waals surface area contributed by atoms with Crippen LogP contribution in [0.1, 0.15) is 19.4 Å². The molecule has 1 heterocycles. The van der Waals surface area contributed by atoms with Gasteiger partial charge in [0.1, 0.15) is 0 Å². The zero-order chi connectivity index (χ0) is 15.5. The van der Waals surface area contributed by atoms with Gasteiger partial charge in [-0.25, -0.2) is 0 Å². The maximum atomic E-state index is 5.30. The largest absolute Gasteiger partial charge is 0.493 e. The lowest BCUT2D eigenvalue weighted by Crippen LogP contribution is -2.51. The van der Waals surface area contributed by atoms with Gasteiger partial charge in [0.25, 0.3) is 0 Å². The number of methoxy groups -OCH3 is 2. The molecular weight excluding hydrogens is 284 g/mol. The van der Waals surface area contributed by atoms with Crippen molar-refractivity contribution < 1.29 is 9.47 Å². The molecule has 2 rings (SSSR count). The van der Waals surface area contributed by atoms with Crippen molar-refractivity contribution in [2.75, 3.05) is 14.2 Å². The minimum atomic E-state index is -0.153. The molecule has 0 unspecified atom stereocenters. The van der Waals surface area contributed by atoms with Crippen molar-refractivity contribution in [2.45, 2.75) is 19.4 Å². The Morgan fingerprint density at radius 2 is 1.81 bits per heavy atom. The van der Waals surface area contributed by atoms with Gasteiger partial charge in [-0.05, 0) is 55.9 Å². The smallest absolute Gasteiger partial charge is 0.171 e. The average Bonchev–Trinajstić information content (AvgIpc) is 2.42. The highest BCUT2D eigenvalue weighted by atomic mass is 32.1. The Kier molecular flexibility index (Phi) is 4.53. The van der Waals surface area contributed by atoms with E-state index in [1.54, 1.807) is 14.2 Å². The van der Waals surface area contributed by atoms with E-state index in [4.69, 9.17) is 21.7 Å². The molecule has 1 aromatic rings. The van der Waals surface area contributed by atoms with Crippen molar-refractivity contribution in [1.29, 1.82) is 0 Å².